The average molecular weight is 284 g/mol. The predicted molar refractivity (Wildman–Crippen MR) is 73.1 cm³/mol. The van der Waals surface area contributed by atoms with Crippen LogP contribution in [0, 0.1) is 11.7 Å². The van der Waals surface area contributed by atoms with Crippen LogP contribution in [0.5, 0.6) is 0 Å². The second-order valence-corrected chi connectivity index (χ2v) is 4.96. The highest BCUT2D eigenvalue weighted by atomic mass is 19.1. The number of methoxy groups -OCH3 is 1. The Morgan fingerprint density at radius 3 is 2.75 bits per heavy atom. The van der Waals surface area contributed by atoms with Crippen LogP contribution in [0.25, 0.3) is 0 Å². The summed E-state index contributed by atoms with van der Waals surface area (Å²) in [5.41, 5.74) is 0.254. The Balaban J connectivity index is 2.51. The molecule has 0 aromatic carbocycles. The van der Waals surface area contributed by atoms with E-state index in [1.165, 1.54) is 19.2 Å². The summed E-state index contributed by atoms with van der Waals surface area (Å²) >= 11 is 0. The van der Waals surface area contributed by atoms with E-state index in [0.29, 0.717) is 13.1 Å². The monoisotopic (exact) mass is 284 g/mol. The fourth-order valence-corrected chi connectivity index (χ4v) is 2.00. The van der Waals surface area contributed by atoms with Crippen LogP contribution in [0.4, 0.5) is 4.39 Å². The predicted octanol–water partition coefficient (Wildman–Crippen LogP) is 0.979. The number of carbonyl (C=O) groups excluding carboxylic acids is 1. The molecule has 5 nitrogen and oxygen atoms in total. The Bertz CT molecular complexity index is 425. The second-order valence-electron chi connectivity index (χ2n) is 4.96. The van der Waals surface area contributed by atoms with Gasteiger partial charge in [-0.05, 0) is 19.2 Å². The number of hydrogen-bond acceptors (Lipinski definition) is 5. The van der Waals surface area contributed by atoms with Gasteiger partial charge in [0.25, 0.3) is 0 Å². The van der Waals surface area contributed by atoms with Crippen LogP contribution in [-0.4, -0.2) is 60.7 Å². The molecule has 0 spiro atoms. The summed E-state index contributed by atoms with van der Waals surface area (Å²) in [5, 5.41) is 9.61. The summed E-state index contributed by atoms with van der Waals surface area (Å²) < 4.78 is 17.6. The molecule has 0 radical (unpaired) electrons. The van der Waals surface area contributed by atoms with E-state index in [1.807, 2.05) is 11.9 Å². The molecule has 2 atom stereocenters. The zero-order valence-electron chi connectivity index (χ0n) is 12.0. The smallest absolute Gasteiger partial charge is 0.185 e. The number of pyridine rings is 1. The summed E-state index contributed by atoms with van der Waals surface area (Å²) in [6.07, 6.45) is 0.447. The molecule has 6 heteroatoms. The van der Waals surface area contributed by atoms with Crippen LogP contribution >= 0.6 is 0 Å². The normalized spacial score (nSPS) is 14.3. The lowest BCUT2D eigenvalue weighted by molar-refractivity contribution is 0.0402. The van der Waals surface area contributed by atoms with Gasteiger partial charge >= 0.3 is 0 Å². The number of aliphatic hydroxyl groups is 1. The Kier molecular flexibility index (Phi) is 6.70. The number of aromatic nitrogens is 1. The van der Waals surface area contributed by atoms with E-state index < -0.39 is 11.9 Å². The minimum atomic E-state index is -0.587. The molecule has 0 aliphatic rings. The van der Waals surface area contributed by atoms with Crippen molar-refractivity contribution < 1.29 is 19.0 Å². The highest BCUT2D eigenvalue weighted by Gasteiger charge is 2.19. The molecule has 0 amide bonds. The molecule has 20 heavy (non-hydrogen) atoms. The Morgan fingerprint density at radius 2 is 2.20 bits per heavy atom. The SMILES string of the molecule is COCC(O)CN(C)CC(C)C(=O)c1ccc(F)cn1. The van der Waals surface area contributed by atoms with E-state index in [9.17, 15) is 14.3 Å². The first kappa shape index (κ1) is 16.7. The van der Waals surface area contributed by atoms with E-state index in [2.05, 4.69) is 4.98 Å². The molecule has 0 bridgehead atoms. The minimum absolute atomic E-state index is 0.141. The van der Waals surface area contributed by atoms with Crippen molar-refractivity contribution >= 4 is 5.78 Å². The Morgan fingerprint density at radius 1 is 1.50 bits per heavy atom. The van der Waals surface area contributed by atoms with Crippen molar-refractivity contribution in [2.45, 2.75) is 13.0 Å². The molecule has 0 saturated heterocycles. The van der Waals surface area contributed by atoms with Crippen LogP contribution in [0.15, 0.2) is 18.3 Å². The number of hydrogen-bond donors (Lipinski definition) is 1. The lowest BCUT2D eigenvalue weighted by atomic mass is 10.0. The summed E-state index contributed by atoms with van der Waals surface area (Å²) in [6, 6.07) is 2.60. The van der Waals surface area contributed by atoms with Gasteiger partial charge < -0.3 is 14.7 Å². The third-order valence-electron chi connectivity index (χ3n) is 2.89. The molecule has 2 unspecified atom stereocenters. The van der Waals surface area contributed by atoms with Crippen molar-refractivity contribution in [3.05, 3.63) is 29.8 Å². The van der Waals surface area contributed by atoms with E-state index in [4.69, 9.17) is 4.74 Å². The first-order valence-electron chi connectivity index (χ1n) is 6.45. The van der Waals surface area contributed by atoms with Gasteiger partial charge in [-0.1, -0.05) is 6.92 Å². The van der Waals surface area contributed by atoms with Gasteiger partial charge in [0, 0.05) is 26.1 Å². The summed E-state index contributed by atoms with van der Waals surface area (Å²) in [4.78, 5) is 17.7. The van der Waals surface area contributed by atoms with Gasteiger partial charge in [-0.15, -0.1) is 0 Å². The molecular weight excluding hydrogens is 263 g/mol. The summed E-state index contributed by atoms with van der Waals surface area (Å²) in [6.45, 7) is 2.94. The summed E-state index contributed by atoms with van der Waals surface area (Å²) in [5.74, 6) is -0.889. The van der Waals surface area contributed by atoms with Gasteiger partial charge in [-0.3, -0.25) is 9.78 Å². The van der Waals surface area contributed by atoms with Crippen LogP contribution in [0.2, 0.25) is 0 Å². The van der Waals surface area contributed by atoms with Crippen molar-refractivity contribution in [2.75, 3.05) is 33.9 Å². The lowest BCUT2D eigenvalue weighted by Crippen LogP contribution is -2.36. The van der Waals surface area contributed by atoms with Gasteiger partial charge in [0.15, 0.2) is 5.78 Å². The second kappa shape index (κ2) is 8.04. The van der Waals surface area contributed by atoms with Gasteiger partial charge in [0.05, 0.1) is 18.9 Å². The van der Waals surface area contributed by atoms with Gasteiger partial charge in [0.1, 0.15) is 11.5 Å². The molecule has 1 heterocycles. The molecule has 112 valence electrons. The molecule has 1 aromatic heterocycles. The number of halogens is 1. The van der Waals surface area contributed by atoms with Crippen molar-refractivity contribution in [1.82, 2.24) is 9.88 Å². The summed E-state index contributed by atoms with van der Waals surface area (Å²) in [7, 11) is 3.34. The zero-order valence-corrected chi connectivity index (χ0v) is 12.0. The van der Waals surface area contributed by atoms with Gasteiger partial charge in [0.2, 0.25) is 0 Å². The number of likely N-dealkylation sites (N-methyl/N-ethyl adjacent to an activating group) is 1. The lowest BCUT2D eigenvalue weighted by Gasteiger charge is -2.22. The van der Waals surface area contributed by atoms with Crippen molar-refractivity contribution in [2.24, 2.45) is 5.92 Å². The highest BCUT2D eigenvalue weighted by Crippen LogP contribution is 2.09. The van der Waals surface area contributed by atoms with Crippen LogP contribution in [0.3, 0.4) is 0 Å². The van der Waals surface area contributed by atoms with Crippen molar-refractivity contribution in [1.29, 1.82) is 0 Å². The Hall–Kier alpha value is -1.37. The van der Waals surface area contributed by atoms with Crippen LogP contribution in [-0.2, 0) is 4.74 Å². The third kappa shape index (κ3) is 5.32. The number of aliphatic hydroxyl groups excluding tert-OH is 1. The van der Waals surface area contributed by atoms with Crippen LogP contribution in [0.1, 0.15) is 17.4 Å². The number of Topliss-reactive ketones (excluding diaryl/α,β-unsaturated/α-hetero) is 1. The topological polar surface area (TPSA) is 62.7 Å². The molecule has 1 rings (SSSR count). The first-order valence-corrected chi connectivity index (χ1v) is 6.45. The molecule has 1 N–H and O–H groups in total. The maximum atomic E-state index is 12.8. The van der Waals surface area contributed by atoms with E-state index in [-0.39, 0.29) is 24.0 Å². The first-order chi connectivity index (χ1) is 9.43. The highest BCUT2D eigenvalue weighted by molar-refractivity contribution is 5.95. The van der Waals surface area contributed by atoms with E-state index >= 15 is 0 Å². The van der Waals surface area contributed by atoms with E-state index in [0.717, 1.165) is 6.20 Å². The molecule has 0 fully saturated rings. The zero-order chi connectivity index (χ0) is 15.1. The van der Waals surface area contributed by atoms with Gasteiger partial charge in [-0.2, -0.15) is 0 Å². The molecule has 1 aromatic rings. The van der Waals surface area contributed by atoms with Gasteiger partial charge in [-0.25, -0.2) is 4.39 Å². The fourth-order valence-electron chi connectivity index (χ4n) is 2.00. The number of ketones is 1. The average Bonchev–Trinajstić information content (AvgIpc) is 2.38. The maximum Gasteiger partial charge on any atom is 0.185 e. The number of ether oxygens (including phenoxy) is 1. The third-order valence-corrected chi connectivity index (χ3v) is 2.89. The largest absolute Gasteiger partial charge is 0.389 e. The van der Waals surface area contributed by atoms with Crippen molar-refractivity contribution in [3.8, 4) is 0 Å². The number of carbonyl (C=O) groups is 1. The molecular formula is C14H21FN2O3. The fraction of sp³-hybridized carbons (Fsp3) is 0.571. The standard InChI is InChI=1S/C14H21FN2O3/c1-10(7-17(2)8-12(18)9-20-3)14(19)13-5-4-11(15)6-16-13/h4-6,10,12,18H,7-9H2,1-3H3. The van der Waals surface area contributed by atoms with Crippen molar-refractivity contribution in [3.63, 3.8) is 0 Å². The maximum absolute atomic E-state index is 12.8. The van der Waals surface area contributed by atoms with Crippen LogP contribution < -0.4 is 0 Å². The number of nitrogens with zero attached hydrogens (tertiary/aromatic N) is 2. The Labute approximate surface area is 118 Å². The number of rotatable bonds is 8. The van der Waals surface area contributed by atoms with E-state index in [1.54, 1.807) is 6.92 Å². The molecule has 0 saturated carbocycles. The minimum Gasteiger partial charge on any atom is -0.389 e. The quantitative estimate of drug-likeness (QED) is 0.721. The molecule has 0 aliphatic heterocycles. The molecule has 0 aliphatic carbocycles.